The van der Waals surface area contributed by atoms with Crippen LogP contribution in [0.1, 0.15) is 37.8 Å². The summed E-state index contributed by atoms with van der Waals surface area (Å²) in [7, 11) is 0. The number of carbonyl (C=O) groups excluding carboxylic acids is 1. The van der Waals surface area contributed by atoms with Gasteiger partial charge in [-0.2, -0.15) is 4.98 Å². The molecule has 0 fully saturated rings. The summed E-state index contributed by atoms with van der Waals surface area (Å²) in [6, 6.07) is 3.99. The number of rotatable bonds is 3. The number of hydrogen-bond donors (Lipinski definition) is 0. The van der Waals surface area contributed by atoms with Crippen LogP contribution in [0.3, 0.4) is 0 Å². The van der Waals surface area contributed by atoms with Crippen LogP contribution in [0.25, 0.3) is 11.4 Å². The van der Waals surface area contributed by atoms with Crippen LogP contribution < -0.4 is 0 Å². The summed E-state index contributed by atoms with van der Waals surface area (Å²) in [4.78, 5) is 16.3. The Bertz CT molecular complexity index is 661. The molecule has 0 aliphatic rings. The Labute approximate surface area is 133 Å². The largest absolute Gasteiger partial charge is 0.339 e. The number of aromatic nitrogens is 2. The first kappa shape index (κ1) is 15.9. The molecule has 1 aromatic carbocycles. The van der Waals surface area contributed by atoms with Crippen molar-refractivity contribution in [1.29, 1.82) is 0 Å². The normalized spacial score (nSPS) is 11.7. The molecule has 0 saturated heterocycles. The smallest absolute Gasteiger partial charge is 0.234 e. The minimum absolute atomic E-state index is 0.0841. The highest BCUT2D eigenvalue weighted by atomic mass is 79.9. The second-order valence-corrected chi connectivity index (χ2v) is 7.08. The van der Waals surface area contributed by atoms with Gasteiger partial charge in [-0.05, 0) is 37.1 Å². The minimum atomic E-state index is -0.403. The van der Waals surface area contributed by atoms with Crippen molar-refractivity contribution in [2.45, 2.75) is 41.0 Å². The van der Waals surface area contributed by atoms with Gasteiger partial charge in [-0.3, -0.25) is 4.79 Å². The van der Waals surface area contributed by atoms with E-state index in [2.05, 4.69) is 26.1 Å². The predicted molar refractivity (Wildman–Crippen MR) is 85.1 cm³/mol. The number of aryl methyl sites for hydroxylation is 2. The number of benzene rings is 1. The van der Waals surface area contributed by atoms with Crippen molar-refractivity contribution in [2.24, 2.45) is 5.41 Å². The number of hydrogen-bond acceptors (Lipinski definition) is 4. The molecule has 0 atom stereocenters. The second kappa shape index (κ2) is 5.72. The van der Waals surface area contributed by atoms with Gasteiger partial charge >= 0.3 is 0 Å². The van der Waals surface area contributed by atoms with Crippen molar-refractivity contribution in [2.75, 3.05) is 0 Å². The first-order chi connectivity index (χ1) is 9.68. The molecule has 0 radical (unpaired) electrons. The van der Waals surface area contributed by atoms with Gasteiger partial charge in [0.25, 0.3) is 0 Å². The average Bonchev–Trinajstić information content (AvgIpc) is 2.82. The standard InChI is InChI=1S/C16H19BrN2O2/c1-9-6-11(7-10(2)14(9)17)15-18-13(21-19-15)8-12(20)16(3,4)5/h6-7H,8H2,1-5H3. The lowest BCUT2D eigenvalue weighted by atomic mass is 9.89. The lowest BCUT2D eigenvalue weighted by molar-refractivity contribution is -0.125. The molecule has 0 bridgehead atoms. The maximum Gasteiger partial charge on any atom is 0.234 e. The van der Waals surface area contributed by atoms with E-state index in [0.717, 1.165) is 21.2 Å². The van der Waals surface area contributed by atoms with E-state index in [1.807, 2.05) is 46.8 Å². The first-order valence-electron chi connectivity index (χ1n) is 6.81. The molecule has 0 aliphatic heterocycles. The van der Waals surface area contributed by atoms with E-state index in [4.69, 9.17) is 4.52 Å². The monoisotopic (exact) mass is 350 g/mol. The molecule has 1 heterocycles. The Kier molecular flexibility index (Phi) is 4.33. The highest BCUT2D eigenvalue weighted by molar-refractivity contribution is 9.10. The van der Waals surface area contributed by atoms with Crippen molar-refractivity contribution in [3.05, 3.63) is 33.6 Å². The maximum absolute atomic E-state index is 12.0. The molecule has 112 valence electrons. The van der Waals surface area contributed by atoms with Crippen molar-refractivity contribution >= 4 is 21.7 Å². The van der Waals surface area contributed by atoms with E-state index in [-0.39, 0.29) is 12.2 Å². The Morgan fingerprint density at radius 2 is 1.81 bits per heavy atom. The Morgan fingerprint density at radius 1 is 1.24 bits per heavy atom. The SMILES string of the molecule is Cc1cc(-c2noc(CC(=O)C(C)(C)C)n2)cc(C)c1Br. The molecule has 1 aromatic heterocycles. The van der Waals surface area contributed by atoms with Gasteiger partial charge < -0.3 is 4.52 Å². The van der Waals surface area contributed by atoms with Crippen molar-refractivity contribution in [1.82, 2.24) is 10.1 Å². The number of Topliss-reactive ketones (excluding diaryl/α,β-unsaturated/α-hetero) is 1. The van der Waals surface area contributed by atoms with Crippen LogP contribution in [0.5, 0.6) is 0 Å². The molecule has 0 unspecified atom stereocenters. The first-order valence-corrected chi connectivity index (χ1v) is 7.61. The van der Waals surface area contributed by atoms with Crippen LogP contribution in [0, 0.1) is 19.3 Å². The summed E-state index contributed by atoms with van der Waals surface area (Å²) in [5, 5.41) is 3.98. The van der Waals surface area contributed by atoms with Crippen LogP contribution in [0.15, 0.2) is 21.1 Å². The zero-order valence-corrected chi connectivity index (χ0v) is 14.5. The molecule has 0 spiro atoms. The van der Waals surface area contributed by atoms with Gasteiger partial charge in [0.05, 0.1) is 6.42 Å². The summed E-state index contributed by atoms with van der Waals surface area (Å²) in [6.45, 7) is 9.69. The lowest BCUT2D eigenvalue weighted by Crippen LogP contribution is -2.22. The molecule has 5 heteroatoms. The molecular weight excluding hydrogens is 332 g/mol. The van der Waals surface area contributed by atoms with E-state index >= 15 is 0 Å². The van der Waals surface area contributed by atoms with Crippen LogP contribution >= 0.6 is 15.9 Å². The minimum Gasteiger partial charge on any atom is -0.339 e. The average molecular weight is 351 g/mol. The van der Waals surface area contributed by atoms with Gasteiger partial charge in [-0.15, -0.1) is 0 Å². The Hall–Kier alpha value is -1.49. The molecule has 4 nitrogen and oxygen atoms in total. The molecule has 2 aromatic rings. The summed E-state index contributed by atoms with van der Waals surface area (Å²) < 4.78 is 6.28. The van der Waals surface area contributed by atoms with Crippen LogP contribution in [0.2, 0.25) is 0 Å². The summed E-state index contributed by atoms with van der Waals surface area (Å²) in [5.41, 5.74) is 2.72. The second-order valence-electron chi connectivity index (χ2n) is 6.29. The molecule has 0 saturated carbocycles. The maximum atomic E-state index is 12.0. The number of carbonyl (C=O) groups is 1. The lowest BCUT2D eigenvalue weighted by Gasteiger charge is -2.14. The van der Waals surface area contributed by atoms with Crippen LogP contribution in [-0.4, -0.2) is 15.9 Å². The highest BCUT2D eigenvalue weighted by Crippen LogP contribution is 2.27. The fourth-order valence-corrected chi connectivity index (χ4v) is 2.15. The van der Waals surface area contributed by atoms with Crippen LogP contribution in [0.4, 0.5) is 0 Å². The van der Waals surface area contributed by atoms with E-state index in [1.165, 1.54) is 0 Å². The third kappa shape index (κ3) is 3.59. The number of nitrogens with zero attached hydrogens (tertiary/aromatic N) is 2. The Morgan fingerprint density at radius 3 is 2.33 bits per heavy atom. The molecule has 21 heavy (non-hydrogen) atoms. The van der Waals surface area contributed by atoms with Crippen LogP contribution in [-0.2, 0) is 11.2 Å². The van der Waals surface area contributed by atoms with E-state index in [9.17, 15) is 4.79 Å². The summed E-state index contributed by atoms with van der Waals surface area (Å²) >= 11 is 3.54. The van der Waals surface area contributed by atoms with Crippen molar-refractivity contribution < 1.29 is 9.32 Å². The third-order valence-corrected chi connectivity index (χ3v) is 4.56. The Balaban J connectivity index is 2.26. The summed E-state index contributed by atoms with van der Waals surface area (Å²) in [5.74, 6) is 0.967. The predicted octanol–water partition coefficient (Wildman–Crippen LogP) is 4.27. The third-order valence-electron chi connectivity index (χ3n) is 3.31. The summed E-state index contributed by atoms with van der Waals surface area (Å²) in [6.07, 6.45) is 0.172. The van der Waals surface area contributed by atoms with E-state index in [1.54, 1.807) is 0 Å². The van der Waals surface area contributed by atoms with Gasteiger partial charge in [0.1, 0.15) is 5.78 Å². The zero-order valence-electron chi connectivity index (χ0n) is 13.0. The van der Waals surface area contributed by atoms with Gasteiger partial charge in [0, 0.05) is 15.5 Å². The van der Waals surface area contributed by atoms with Gasteiger partial charge in [-0.25, -0.2) is 0 Å². The quantitative estimate of drug-likeness (QED) is 0.829. The molecule has 0 N–H and O–H groups in total. The van der Waals surface area contributed by atoms with E-state index < -0.39 is 5.41 Å². The molecular formula is C16H19BrN2O2. The van der Waals surface area contributed by atoms with E-state index in [0.29, 0.717) is 11.7 Å². The van der Waals surface area contributed by atoms with Crippen molar-refractivity contribution in [3.8, 4) is 11.4 Å². The fourth-order valence-electron chi connectivity index (χ4n) is 1.92. The van der Waals surface area contributed by atoms with Gasteiger partial charge in [0.15, 0.2) is 0 Å². The van der Waals surface area contributed by atoms with Crippen molar-refractivity contribution in [3.63, 3.8) is 0 Å². The fraction of sp³-hybridized carbons (Fsp3) is 0.438. The highest BCUT2D eigenvalue weighted by Gasteiger charge is 2.24. The molecule has 0 aliphatic carbocycles. The van der Waals surface area contributed by atoms with Gasteiger partial charge in [0.2, 0.25) is 11.7 Å². The number of halogens is 1. The molecule has 0 amide bonds. The molecule has 2 rings (SSSR count). The number of ketones is 1. The zero-order chi connectivity index (χ0) is 15.8. The van der Waals surface area contributed by atoms with Gasteiger partial charge in [-0.1, -0.05) is 41.9 Å². The topological polar surface area (TPSA) is 56.0 Å².